The van der Waals surface area contributed by atoms with Gasteiger partial charge < -0.3 is 38.3 Å². The third kappa shape index (κ3) is 9.03. The summed E-state index contributed by atoms with van der Waals surface area (Å²) in [6.07, 6.45) is -2.49. The highest BCUT2D eigenvalue weighted by Gasteiger charge is 2.51. The van der Waals surface area contributed by atoms with Crippen LogP contribution in [-0.4, -0.2) is 67.3 Å². The minimum absolute atomic E-state index is 0.0176. The van der Waals surface area contributed by atoms with Gasteiger partial charge in [0.2, 0.25) is 0 Å². The smallest absolute Gasteiger partial charge is 0.183 e. The van der Waals surface area contributed by atoms with Crippen LogP contribution in [0.2, 0.25) is 0 Å². The highest BCUT2D eigenvalue weighted by molar-refractivity contribution is 5.16. The molecule has 3 saturated heterocycles. The molecule has 4 aromatic rings. The maximum Gasteiger partial charge on any atom is 0.183 e. The molecule has 4 aromatic carbocycles. The maximum absolute atomic E-state index is 10.8. The SMILES string of the molecule is O[C@@H]1C[C@H](C[C@@H]2O[C@H](COCc3ccccc3)[C@@H](OCc3ccccc3)[C@H](OCc3ccccc3)[C@H]2OCc2ccccc2)[C@H]2CO[C@@H]1O2. The van der Waals surface area contributed by atoms with E-state index in [0.29, 0.717) is 52.5 Å². The Morgan fingerprint density at radius 2 is 1.02 bits per heavy atom. The van der Waals surface area contributed by atoms with Crippen molar-refractivity contribution in [3.63, 3.8) is 0 Å². The molecule has 3 heterocycles. The van der Waals surface area contributed by atoms with Crippen molar-refractivity contribution in [1.29, 1.82) is 0 Å². The van der Waals surface area contributed by atoms with E-state index in [4.69, 9.17) is 33.2 Å². The van der Waals surface area contributed by atoms with Crippen molar-refractivity contribution in [3.8, 4) is 0 Å². The fourth-order valence-corrected chi connectivity index (χ4v) is 7.08. The number of aliphatic hydroxyl groups excluding tert-OH is 1. The van der Waals surface area contributed by atoms with Crippen LogP contribution in [0.3, 0.4) is 0 Å². The van der Waals surface area contributed by atoms with Crippen LogP contribution in [0.15, 0.2) is 121 Å². The molecule has 7 rings (SSSR count). The number of aliphatic hydroxyl groups is 1. The monoisotopic (exact) mass is 666 g/mol. The Morgan fingerprint density at radius 3 is 1.55 bits per heavy atom. The van der Waals surface area contributed by atoms with Gasteiger partial charge in [0.1, 0.15) is 30.5 Å². The van der Waals surface area contributed by atoms with Gasteiger partial charge in [0.25, 0.3) is 0 Å². The van der Waals surface area contributed by atoms with E-state index in [1.807, 2.05) is 72.8 Å². The fourth-order valence-electron chi connectivity index (χ4n) is 7.08. The summed E-state index contributed by atoms with van der Waals surface area (Å²) < 4.78 is 45.6. The first-order valence-corrected chi connectivity index (χ1v) is 17.4. The lowest BCUT2D eigenvalue weighted by Gasteiger charge is -2.47. The van der Waals surface area contributed by atoms with Crippen molar-refractivity contribution >= 4 is 0 Å². The molecule has 0 aliphatic carbocycles. The van der Waals surface area contributed by atoms with Crippen molar-refractivity contribution in [3.05, 3.63) is 144 Å². The zero-order valence-electron chi connectivity index (χ0n) is 27.7. The molecule has 0 radical (unpaired) electrons. The van der Waals surface area contributed by atoms with E-state index >= 15 is 0 Å². The van der Waals surface area contributed by atoms with Crippen molar-refractivity contribution in [2.45, 2.75) is 88.3 Å². The first kappa shape index (κ1) is 34.0. The molecule has 49 heavy (non-hydrogen) atoms. The Bertz CT molecular complexity index is 1520. The Hall–Kier alpha value is -3.44. The second kappa shape index (κ2) is 17.0. The van der Waals surface area contributed by atoms with Crippen LogP contribution < -0.4 is 0 Å². The molecule has 8 nitrogen and oxygen atoms in total. The fraction of sp³-hybridized carbons (Fsp3) is 0.415. The summed E-state index contributed by atoms with van der Waals surface area (Å²) in [5, 5.41) is 10.8. The number of benzene rings is 4. The molecule has 0 unspecified atom stereocenters. The predicted octanol–water partition coefficient (Wildman–Crippen LogP) is 6.24. The number of hydrogen-bond donors (Lipinski definition) is 1. The molecule has 9 atom stereocenters. The lowest BCUT2D eigenvalue weighted by atomic mass is 9.83. The Kier molecular flexibility index (Phi) is 11.8. The summed E-state index contributed by atoms with van der Waals surface area (Å²) >= 11 is 0. The van der Waals surface area contributed by atoms with Crippen molar-refractivity contribution in [2.75, 3.05) is 13.2 Å². The predicted molar refractivity (Wildman–Crippen MR) is 183 cm³/mol. The van der Waals surface area contributed by atoms with Gasteiger partial charge in [-0.1, -0.05) is 121 Å². The summed E-state index contributed by atoms with van der Waals surface area (Å²) in [6.45, 7) is 2.36. The summed E-state index contributed by atoms with van der Waals surface area (Å²) in [7, 11) is 0. The second-order valence-electron chi connectivity index (χ2n) is 13.2. The molecular weight excluding hydrogens is 620 g/mol. The molecule has 0 amide bonds. The van der Waals surface area contributed by atoms with E-state index in [2.05, 4.69) is 48.5 Å². The normalized spacial score (nSPS) is 29.5. The highest BCUT2D eigenvalue weighted by atomic mass is 16.7. The van der Waals surface area contributed by atoms with Crippen molar-refractivity contribution in [1.82, 2.24) is 0 Å². The molecule has 0 aromatic heterocycles. The van der Waals surface area contributed by atoms with Gasteiger partial charge in [-0.05, 0) is 41.0 Å². The van der Waals surface area contributed by atoms with Gasteiger partial charge in [0, 0.05) is 0 Å². The Labute approximate surface area is 288 Å². The van der Waals surface area contributed by atoms with Crippen LogP contribution in [0.1, 0.15) is 35.1 Å². The summed E-state index contributed by atoms with van der Waals surface area (Å²) in [5.41, 5.74) is 4.26. The molecular formula is C41H46O8. The molecule has 0 saturated carbocycles. The molecule has 3 aliphatic rings. The van der Waals surface area contributed by atoms with Gasteiger partial charge in [0.15, 0.2) is 6.29 Å². The van der Waals surface area contributed by atoms with Gasteiger partial charge >= 0.3 is 0 Å². The van der Waals surface area contributed by atoms with E-state index in [1.54, 1.807) is 0 Å². The minimum Gasteiger partial charge on any atom is -0.388 e. The minimum atomic E-state index is -0.687. The topological polar surface area (TPSA) is 84.8 Å². The molecule has 0 spiro atoms. The molecule has 8 heteroatoms. The first-order valence-electron chi connectivity index (χ1n) is 17.4. The second-order valence-corrected chi connectivity index (χ2v) is 13.2. The number of rotatable bonds is 15. The Morgan fingerprint density at radius 1 is 0.551 bits per heavy atom. The van der Waals surface area contributed by atoms with E-state index in [-0.39, 0.29) is 18.1 Å². The third-order valence-electron chi connectivity index (χ3n) is 9.63. The zero-order chi connectivity index (χ0) is 33.3. The van der Waals surface area contributed by atoms with Gasteiger partial charge in [-0.3, -0.25) is 0 Å². The molecule has 3 aliphatic heterocycles. The maximum atomic E-state index is 10.8. The largest absolute Gasteiger partial charge is 0.388 e. The van der Waals surface area contributed by atoms with E-state index < -0.39 is 36.8 Å². The van der Waals surface area contributed by atoms with Gasteiger partial charge in [-0.15, -0.1) is 0 Å². The lowest BCUT2D eigenvalue weighted by Crippen LogP contribution is -2.61. The summed E-state index contributed by atoms with van der Waals surface area (Å²) in [5.74, 6) is 0.0176. The van der Waals surface area contributed by atoms with Crippen LogP contribution in [0.25, 0.3) is 0 Å². The molecule has 2 bridgehead atoms. The van der Waals surface area contributed by atoms with Crippen LogP contribution in [0.4, 0.5) is 0 Å². The standard InChI is InChI=1S/C41H46O8/c42-34-21-33(36-28-47-41(34)49-36)22-35-38(44-24-30-15-7-2-8-16-30)40(46-26-32-19-11-4-12-20-32)39(45-25-31-17-9-3-10-18-31)37(48-35)27-43-23-29-13-5-1-6-14-29/h1-20,33-42H,21-28H2/t33-,34-,35+,36-,37-,38+,39-,40-,41-/m1/s1. The highest BCUT2D eigenvalue weighted by Crippen LogP contribution is 2.39. The van der Waals surface area contributed by atoms with Crippen LogP contribution in [0.5, 0.6) is 0 Å². The van der Waals surface area contributed by atoms with Gasteiger partial charge in [0.05, 0.1) is 51.8 Å². The van der Waals surface area contributed by atoms with Crippen molar-refractivity contribution in [2.24, 2.45) is 5.92 Å². The number of fused-ring (bicyclic) bond motifs is 2. The van der Waals surface area contributed by atoms with Gasteiger partial charge in [-0.2, -0.15) is 0 Å². The van der Waals surface area contributed by atoms with E-state index in [0.717, 1.165) is 22.3 Å². The van der Waals surface area contributed by atoms with Crippen LogP contribution in [0, 0.1) is 5.92 Å². The summed E-state index contributed by atoms with van der Waals surface area (Å²) in [6, 6.07) is 40.6. The van der Waals surface area contributed by atoms with Crippen LogP contribution >= 0.6 is 0 Å². The number of ether oxygens (including phenoxy) is 7. The molecule has 1 N–H and O–H groups in total. The van der Waals surface area contributed by atoms with Crippen molar-refractivity contribution < 1.29 is 38.3 Å². The Balaban J connectivity index is 1.19. The first-order chi connectivity index (χ1) is 24.2. The average molecular weight is 667 g/mol. The lowest BCUT2D eigenvalue weighted by molar-refractivity contribution is -0.277. The molecule has 3 fully saturated rings. The van der Waals surface area contributed by atoms with Crippen LogP contribution in [-0.2, 0) is 59.6 Å². The average Bonchev–Trinajstić information content (AvgIpc) is 3.60. The quantitative estimate of drug-likeness (QED) is 0.160. The van der Waals surface area contributed by atoms with E-state index in [1.165, 1.54) is 0 Å². The zero-order valence-corrected chi connectivity index (χ0v) is 27.7. The molecule has 258 valence electrons. The number of hydrogen-bond acceptors (Lipinski definition) is 8. The van der Waals surface area contributed by atoms with E-state index in [9.17, 15) is 5.11 Å². The van der Waals surface area contributed by atoms with Gasteiger partial charge in [-0.25, -0.2) is 0 Å². The third-order valence-corrected chi connectivity index (χ3v) is 9.63. The summed E-state index contributed by atoms with van der Waals surface area (Å²) in [4.78, 5) is 0.